The van der Waals surface area contributed by atoms with Crippen LogP contribution >= 0.6 is 0 Å². The molecular weight excluding hydrogens is 426 g/mol. The molecule has 0 aliphatic heterocycles. The van der Waals surface area contributed by atoms with E-state index in [9.17, 15) is 20.0 Å². The number of aromatic amines is 1. The van der Waals surface area contributed by atoms with E-state index in [0.717, 1.165) is 5.56 Å². The lowest BCUT2D eigenvalue weighted by Gasteiger charge is -2.26. The fourth-order valence-electron chi connectivity index (χ4n) is 3.82. The van der Waals surface area contributed by atoms with E-state index in [1.165, 1.54) is 24.1 Å². The number of hydrogen-bond donors (Lipinski definition) is 3. The van der Waals surface area contributed by atoms with E-state index in [0.29, 0.717) is 11.1 Å². The van der Waals surface area contributed by atoms with Crippen LogP contribution in [-0.2, 0) is 7.05 Å². The molecule has 0 radical (unpaired) electrons. The van der Waals surface area contributed by atoms with E-state index >= 15 is 0 Å². The molecule has 4 aromatic rings. The summed E-state index contributed by atoms with van der Waals surface area (Å²) in [6, 6.07) is 9.31. The van der Waals surface area contributed by atoms with Gasteiger partial charge in [-0.3, -0.25) is 19.3 Å². The molecule has 166 valence electrons. The molecule has 4 rings (SSSR count). The molecule has 1 aromatic carbocycles. The number of benzene rings is 1. The first-order chi connectivity index (χ1) is 15.9. The predicted octanol–water partition coefficient (Wildman–Crippen LogP) is 2.26. The van der Waals surface area contributed by atoms with E-state index in [-0.39, 0.29) is 11.5 Å². The Labute approximate surface area is 187 Å². The van der Waals surface area contributed by atoms with Gasteiger partial charge in [0.15, 0.2) is 5.69 Å². The quantitative estimate of drug-likeness (QED) is 0.407. The first-order valence-corrected chi connectivity index (χ1v) is 9.90. The van der Waals surface area contributed by atoms with Gasteiger partial charge in [0.2, 0.25) is 5.75 Å². The van der Waals surface area contributed by atoms with Crippen molar-refractivity contribution in [1.82, 2.24) is 24.9 Å². The monoisotopic (exact) mass is 445 g/mol. The van der Waals surface area contributed by atoms with Crippen molar-refractivity contribution in [1.29, 1.82) is 5.26 Å². The van der Waals surface area contributed by atoms with Gasteiger partial charge in [0.1, 0.15) is 17.8 Å². The Morgan fingerprint density at radius 1 is 1.33 bits per heavy atom. The normalized spacial score (nSPS) is 12.6. The van der Waals surface area contributed by atoms with Crippen LogP contribution < -0.4 is 10.9 Å². The molecule has 0 unspecified atom stereocenters. The molecule has 3 heterocycles. The number of hydrogen-bond acceptors (Lipinski definition) is 8. The van der Waals surface area contributed by atoms with Gasteiger partial charge in [0.05, 0.1) is 24.0 Å². The van der Waals surface area contributed by atoms with Gasteiger partial charge in [-0.05, 0) is 17.2 Å². The molecule has 0 saturated heterocycles. The van der Waals surface area contributed by atoms with Crippen LogP contribution in [0, 0.1) is 11.3 Å². The van der Waals surface area contributed by atoms with Crippen LogP contribution in [0.1, 0.15) is 51.8 Å². The van der Waals surface area contributed by atoms with Crippen LogP contribution in [0.15, 0.2) is 58.4 Å². The van der Waals surface area contributed by atoms with Gasteiger partial charge in [0, 0.05) is 25.1 Å². The van der Waals surface area contributed by atoms with Crippen LogP contribution in [0.4, 0.5) is 5.69 Å². The second-order valence-electron chi connectivity index (χ2n) is 7.40. The number of anilines is 1. The van der Waals surface area contributed by atoms with E-state index in [1.54, 1.807) is 24.5 Å². The molecule has 0 fully saturated rings. The van der Waals surface area contributed by atoms with E-state index in [4.69, 9.17) is 0 Å². The summed E-state index contributed by atoms with van der Waals surface area (Å²) in [5.41, 5.74) is 0.984. The number of nitrogens with one attached hydrogen (secondary N) is 2. The number of rotatable bonds is 6. The van der Waals surface area contributed by atoms with Crippen LogP contribution in [0.2, 0.25) is 0 Å². The zero-order valence-corrected chi connectivity index (χ0v) is 17.7. The Kier molecular flexibility index (Phi) is 5.73. The van der Waals surface area contributed by atoms with Crippen molar-refractivity contribution in [2.75, 3.05) is 5.32 Å². The summed E-state index contributed by atoms with van der Waals surface area (Å²) in [4.78, 5) is 29.9. The van der Waals surface area contributed by atoms with Crippen molar-refractivity contribution >= 4 is 11.6 Å². The van der Waals surface area contributed by atoms with Crippen molar-refractivity contribution in [2.45, 2.75) is 18.8 Å². The molecule has 0 bridgehead atoms. The van der Waals surface area contributed by atoms with E-state index in [1.807, 2.05) is 19.1 Å². The number of carbonyl (C=O) groups excluding carboxylic acids is 1. The lowest BCUT2D eigenvalue weighted by atomic mass is 9.80. The topological polar surface area (TPSA) is 163 Å². The summed E-state index contributed by atoms with van der Waals surface area (Å²) in [5.74, 6) is -2.24. The van der Waals surface area contributed by atoms with Crippen molar-refractivity contribution in [3.63, 3.8) is 0 Å². The van der Waals surface area contributed by atoms with Gasteiger partial charge in [-0.15, -0.1) is 0 Å². The summed E-state index contributed by atoms with van der Waals surface area (Å²) in [5, 5.41) is 32.8. The second-order valence-corrected chi connectivity index (χ2v) is 7.40. The van der Waals surface area contributed by atoms with Gasteiger partial charge in [-0.25, -0.2) is 4.98 Å². The second kappa shape index (κ2) is 8.80. The minimum absolute atomic E-state index is 0.243. The van der Waals surface area contributed by atoms with Gasteiger partial charge in [-0.1, -0.05) is 30.3 Å². The number of aromatic nitrogens is 5. The van der Waals surface area contributed by atoms with Crippen molar-refractivity contribution in [3.05, 3.63) is 87.7 Å². The summed E-state index contributed by atoms with van der Waals surface area (Å²) in [6.45, 7) is 1.83. The third kappa shape index (κ3) is 3.97. The minimum Gasteiger partial charge on any atom is -0.501 e. The average Bonchev–Trinajstić information content (AvgIpc) is 3.53. The Hall–Kier alpha value is -4.72. The van der Waals surface area contributed by atoms with Crippen molar-refractivity contribution in [2.24, 2.45) is 7.05 Å². The molecule has 11 heteroatoms. The molecule has 33 heavy (non-hydrogen) atoms. The minimum atomic E-state index is -0.792. The van der Waals surface area contributed by atoms with Crippen LogP contribution in [0.25, 0.3) is 0 Å². The SMILES string of the molecule is C[C@@H](c1nc(C(=O)Nc2cnoc2)c(O)c(=O)n1C)[C@@H](c1cn[nH]c1)c1ccccc1C#N. The largest absolute Gasteiger partial charge is 0.501 e. The highest BCUT2D eigenvalue weighted by Crippen LogP contribution is 2.38. The maximum Gasteiger partial charge on any atom is 0.296 e. The fourth-order valence-corrected chi connectivity index (χ4v) is 3.82. The standard InChI is InChI=1S/C22H19N7O4/c1-12(17(14-8-24-25-9-14)16-6-4-3-5-13(16)7-23)20-28-18(19(30)22(32)29(20)2)21(31)27-15-10-26-33-11-15/h3-6,8-12,17,30H,1-2H3,(H,24,25)(H,27,31)/t12-,17+/m1/s1. The maximum absolute atomic E-state index is 12.8. The van der Waals surface area contributed by atoms with Gasteiger partial charge >= 0.3 is 0 Å². The number of aromatic hydroxyl groups is 1. The van der Waals surface area contributed by atoms with Gasteiger partial charge in [0.25, 0.3) is 11.5 Å². The lowest BCUT2D eigenvalue weighted by Crippen LogP contribution is -2.29. The Bertz CT molecular complexity index is 1390. The van der Waals surface area contributed by atoms with Crippen molar-refractivity contribution < 1.29 is 14.4 Å². The zero-order chi connectivity index (χ0) is 23.5. The summed E-state index contributed by atoms with van der Waals surface area (Å²) >= 11 is 0. The smallest absolute Gasteiger partial charge is 0.296 e. The Morgan fingerprint density at radius 3 is 2.79 bits per heavy atom. The number of nitriles is 1. The molecule has 0 saturated carbocycles. The first kappa shape index (κ1) is 21.5. The molecule has 11 nitrogen and oxygen atoms in total. The highest BCUT2D eigenvalue weighted by atomic mass is 16.5. The molecule has 3 N–H and O–H groups in total. The van der Waals surface area contributed by atoms with E-state index < -0.39 is 34.7 Å². The molecule has 0 aliphatic carbocycles. The molecular formula is C22H19N7O4. The maximum atomic E-state index is 12.8. The molecule has 2 atom stereocenters. The summed E-state index contributed by atoms with van der Waals surface area (Å²) in [6.07, 6.45) is 5.81. The summed E-state index contributed by atoms with van der Waals surface area (Å²) < 4.78 is 5.87. The molecule has 1 amide bonds. The average molecular weight is 445 g/mol. The third-order valence-electron chi connectivity index (χ3n) is 5.41. The Morgan fingerprint density at radius 2 is 2.12 bits per heavy atom. The first-order valence-electron chi connectivity index (χ1n) is 9.90. The predicted molar refractivity (Wildman–Crippen MR) is 116 cm³/mol. The lowest BCUT2D eigenvalue weighted by molar-refractivity contribution is 0.101. The highest BCUT2D eigenvalue weighted by Gasteiger charge is 2.31. The van der Waals surface area contributed by atoms with Gasteiger partial charge in [-0.2, -0.15) is 10.4 Å². The number of amides is 1. The zero-order valence-electron chi connectivity index (χ0n) is 17.7. The van der Waals surface area contributed by atoms with E-state index in [2.05, 4.69) is 36.2 Å². The molecule has 0 aliphatic rings. The third-order valence-corrected chi connectivity index (χ3v) is 5.41. The van der Waals surface area contributed by atoms with Crippen LogP contribution in [0.5, 0.6) is 5.75 Å². The van der Waals surface area contributed by atoms with Crippen LogP contribution in [-0.4, -0.2) is 35.9 Å². The van der Waals surface area contributed by atoms with Gasteiger partial charge < -0.3 is 14.9 Å². The number of nitrogens with zero attached hydrogens (tertiary/aromatic N) is 5. The Balaban J connectivity index is 1.84. The summed E-state index contributed by atoms with van der Waals surface area (Å²) in [7, 11) is 1.46. The number of H-pyrrole nitrogens is 1. The fraction of sp³-hybridized carbons (Fsp3) is 0.182. The van der Waals surface area contributed by atoms with Crippen molar-refractivity contribution in [3.8, 4) is 11.8 Å². The van der Waals surface area contributed by atoms with Crippen LogP contribution in [0.3, 0.4) is 0 Å². The highest BCUT2D eigenvalue weighted by molar-refractivity contribution is 6.04. The molecule has 3 aromatic heterocycles. The molecule has 0 spiro atoms. The number of carbonyl (C=O) groups is 1.